The van der Waals surface area contributed by atoms with E-state index in [0.29, 0.717) is 73.6 Å². The Kier molecular flexibility index (Phi) is 10.5. The van der Waals surface area contributed by atoms with Crippen molar-refractivity contribution in [2.75, 3.05) is 31.6 Å². The van der Waals surface area contributed by atoms with Crippen molar-refractivity contribution in [3.05, 3.63) is 100 Å². The molecule has 54 heavy (non-hydrogen) atoms. The van der Waals surface area contributed by atoms with Crippen molar-refractivity contribution in [3.63, 3.8) is 0 Å². The summed E-state index contributed by atoms with van der Waals surface area (Å²) in [6, 6.07) is 14.8. The number of amides is 2. The Morgan fingerprint density at radius 3 is 2.24 bits per heavy atom. The first-order valence-electron chi connectivity index (χ1n) is 18.3. The molecule has 1 aliphatic rings. The molecule has 1 saturated heterocycles. The van der Waals surface area contributed by atoms with Gasteiger partial charge in [0.1, 0.15) is 17.2 Å². The number of Topliss-reactive ketones (excluding diaryl/α,β-unsaturated/α-hetero) is 1. The van der Waals surface area contributed by atoms with Crippen LogP contribution in [0.4, 0.5) is 5.95 Å². The van der Waals surface area contributed by atoms with Crippen molar-refractivity contribution in [2.45, 2.75) is 66.8 Å². The van der Waals surface area contributed by atoms with Crippen LogP contribution in [0.1, 0.15) is 68.0 Å². The van der Waals surface area contributed by atoms with Crippen LogP contribution in [0.5, 0.6) is 0 Å². The molecule has 1 fully saturated rings. The molecule has 1 aliphatic heterocycles. The highest BCUT2D eigenvalue weighted by Gasteiger charge is 2.22. The highest BCUT2D eigenvalue weighted by atomic mass is 16.5. The molecule has 4 aromatic heterocycles. The average molecular weight is 732 g/mol. The van der Waals surface area contributed by atoms with Gasteiger partial charge in [-0.3, -0.25) is 34.0 Å². The number of primary amides is 1. The fourth-order valence-corrected chi connectivity index (χ4v) is 7.02. The van der Waals surface area contributed by atoms with E-state index < -0.39 is 5.91 Å². The van der Waals surface area contributed by atoms with E-state index in [9.17, 15) is 14.4 Å². The number of hydrogen-bond donors (Lipinski definition) is 2. The van der Waals surface area contributed by atoms with E-state index >= 15 is 0 Å². The number of para-hydroxylation sites is 1. The second-order valence-corrected chi connectivity index (χ2v) is 13.4. The van der Waals surface area contributed by atoms with E-state index in [2.05, 4.69) is 31.0 Å². The number of carbonyl (C=O) groups is 3. The molecule has 0 radical (unpaired) electrons. The Labute approximate surface area is 312 Å². The predicted molar refractivity (Wildman–Crippen MR) is 204 cm³/mol. The zero-order chi connectivity index (χ0) is 37.9. The van der Waals surface area contributed by atoms with Gasteiger partial charge >= 0.3 is 0 Å². The molecular weight excluding hydrogens is 687 g/mol. The summed E-state index contributed by atoms with van der Waals surface area (Å²) in [7, 11) is 0. The number of rotatable bonds is 14. The van der Waals surface area contributed by atoms with Gasteiger partial charge in [-0.15, -0.1) is 0 Å². The first-order chi connectivity index (χ1) is 26.1. The fraction of sp³-hybridized carbons (Fsp3) is 0.359. The molecule has 0 spiro atoms. The van der Waals surface area contributed by atoms with Crippen LogP contribution in [0.15, 0.2) is 60.7 Å². The summed E-state index contributed by atoms with van der Waals surface area (Å²) in [4.78, 5) is 51.4. The molecule has 0 unspecified atom stereocenters. The number of carbonyl (C=O) groups excluding carboxylic acids is 3. The van der Waals surface area contributed by atoms with Gasteiger partial charge in [0.15, 0.2) is 5.78 Å². The molecule has 7 rings (SSSR count). The lowest BCUT2D eigenvalue weighted by atomic mass is 10.1. The third-order valence-electron chi connectivity index (χ3n) is 9.68. The molecule has 280 valence electrons. The molecule has 15 nitrogen and oxygen atoms in total. The fourth-order valence-electron chi connectivity index (χ4n) is 7.02. The number of aryl methyl sites for hydroxylation is 4. The van der Waals surface area contributed by atoms with Crippen LogP contribution in [0.2, 0.25) is 0 Å². The third kappa shape index (κ3) is 7.45. The van der Waals surface area contributed by atoms with Gasteiger partial charge in [0, 0.05) is 51.4 Å². The van der Waals surface area contributed by atoms with Crippen LogP contribution in [0.3, 0.4) is 0 Å². The van der Waals surface area contributed by atoms with Gasteiger partial charge in [-0.25, -0.2) is 9.97 Å². The number of nitrogens with zero attached hydrogens (tertiary/aromatic N) is 9. The Hall–Kier alpha value is -5.93. The molecule has 3 N–H and O–H groups in total. The molecule has 0 atom stereocenters. The smallest absolute Gasteiger partial charge is 0.276 e. The summed E-state index contributed by atoms with van der Waals surface area (Å²) in [6.07, 6.45) is 4.13. The van der Waals surface area contributed by atoms with Crippen molar-refractivity contribution in [1.29, 1.82) is 0 Å². The van der Waals surface area contributed by atoms with Crippen LogP contribution in [0.25, 0.3) is 22.1 Å². The van der Waals surface area contributed by atoms with Gasteiger partial charge in [0.25, 0.3) is 5.91 Å². The molecular formula is C39H45N11O4. The number of imidazole rings is 2. The number of anilines is 1. The van der Waals surface area contributed by atoms with Crippen molar-refractivity contribution in [2.24, 2.45) is 5.73 Å². The van der Waals surface area contributed by atoms with Crippen LogP contribution in [-0.4, -0.2) is 87.5 Å². The molecule has 15 heteroatoms. The predicted octanol–water partition coefficient (Wildman–Crippen LogP) is 4.30. The van der Waals surface area contributed by atoms with Crippen LogP contribution >= 0.6 is 0 Å². The average Bonchev–Trinajstić information content (AvgIpc) is 3.93. The molecule has 0 bridgehead atoms. The van der Waals surface area contributed by atoms with E-state index in [4.69, 9.17) is 20.4 Å². The summed E-state index contributed by atoms with van der Waals surface area (Å²) in [6.45, 7) is 13.4. The molecule has 6 aromatic rings. The first kappa shape index (κ1) is 36.4. The summed E-state index contributed by atoms with van der Waals surface area (Å²) >= 11 is 0. The number of morpholine rings is 1. The highest BCUT2D eigenvalue weighted by Crippen LogP contribution is 2.25. The normalized spacial score (nSPS) is 13.8. The Balaban J connectivity index is 1.20. The number of nitrogens with two attached hydrogens (primary N) is 1. The van der Waals surface area contributed by atoms with Gasteiger partial charge in [-0.2, -0.15) is 10.2 Å². The van der Waals surface area contributed by atoms with Crippen LogP contribution in [-0.2, 0) is 43.9 Å². The molecule has 2 amide bonds. The van der Waals surface area contributed by atoms with Gasteiger partial charge in [-0.05, 0) is 69.7 Å². The second-order valence-electron chi connectivity index (χ2n) is 13.4. The van der Waals surface area contributed by atoms with E-state index in [0.717, 1.165) is 53.1 Å². The first-order valence-corrected chi connectivity index (χ1v) is 18.3. The molecule has 0 saturated carbocycles. The SMILES string of the molecule is CCn1nc(C)cc1C(=O)Cc1nc2c(CN3CCOCC3)cccc2n1C/C=C/Cn1c(NC(=O)c2cc(C)nn2CC)nc2cc(C(N)=O)ccc21. The second kappa shape index (κ2) is 15.6. The van der Waals surface area contributed by atoms with Gasteiger partial charge < -0.3 is 19.6 Å². The lowest BCUT2D eigenvalue weighted by Crippen LogP contribution is -2.35. The van der Waals surface area contributed by atoms with E-state index in [-0.39, 0.29) is 18.1 Å². The highest BCUT2D eigenvalue weighted by molar-refractivity contribution is 6.03. The van der Waals surface area contributed by atoms with E-state index in [1.54, 1.807) is 33.6 Å². The summed E-state index contributed by atoms with van der Waals surface area (Å²) in [5.74, 6) is 0.0207. The number of allylic oxidation sites excluding steroid dienone is 2. The van der Waals surface area contributed by atoms with E-state index in [1.807, 2.05) is 62.6 Å². The number of hydrogen-bond acceptors (Lipinski definition) is 9. The number of aromatic nitrogens is 8. The molecule has 0 aliphatic carbocycles. The zero-order valence-electron chi connectivity index (χ0n) is 31.1. The largest absolute Gasteiger partial charge is 0.379 e. The minimum atomic E-state index is -0.566. The quantitative estimate of drug-likeness (QED) is 0.122. The topological polar surface area (TPSA) is 173 Å². The van der Waals surface area contributed by atoms with Crippen molar-refractivity contribution in [1.82, 2.24) is 43.6 Å². The Morgan fingerprint density at radius 1 is 0.852 bits per heavy atom. The number of benzene rings is 2. The maximum Gasteiger partial charge on any atom is 0.276 e. The van der Waals surface area contributed by atoms with Crippen LogP contribution < -0.4 is 11.1 Å². The lowest BCUT2D eigenvalue weighted by Gasteiger charge is -2.26. The molecule has 5 heterocycles. The number of ether oxygens (including phenoxy) is 1. The van der Waals surface area contributed by atoms with Crippen molar-refractivity contribution < 1.29 is 19.1 Å². The van der Waals surface area contributed by atoms with Crippen LogP contribution in [0, 0.1) is 13.8 Å². The maximum absolute atomic E-state index is 13.8. The van der Waals surface area contributed by atoms with Gasteiger partial charge in [-0.1, -0.05) is 24.3 Å². The summed E-state index contributed by atoms with van der Waals surface area (Å²) in [5, 5.41) is 11.9. The monoisotopic (exact) mass is 731 g/mol. The maximum atomic E-state index is 13.8. The number of fused-ring (bicyclic) bond motifs is 2. The lowest BCUT2D eigenvalue weighted by molar-refractivity contribution is 0.0343. The van der Waals surface area contributed by atoms with E-state index in [1.165, 1.54) is 0 Å². The Morgan fingerprint density at radius 2 is 1.54 bits per heavy atom. The standard InChI is InChI=1S/C39H45N11O4/c1-5-49-32(20-25(3)44-49)34(51)23-35-42-36-28(24-46-16-18-54-19-17-46)10-9-11-31(36)47(35)14-7-8-15-48-30-13-12-27(37(40)52)22-29(30)41-39(48)43-38(53)33-21-26(4)45-50(33)6-2/h7-13,20-22H,5-6,14-19,23-24H2,1-4H3,(H2,40,52)(H,41,43,53)/b8-7+. The zero-order valence-corrected chi connectivity index (χ0v) is 31.1. The van der Waals surface area contributed by atoms with Gasteiger partial charge in [0.2, 0.25) is 11.9 Å². The van der Waals surface area contributed by atoms with Crippen molar-refractivity contribution >= 4 is 45.6 Å². The number of ketones is 1. The minimum Gasteiger partial charge on any atom is -0.379 e. The number of nitrogens with one attached hydrogen (secondary N) is 1. The summed E-state index contributed by atoms with van der Waals surface area (Å²) in [5.41, 5.74) is 12.5. The third-order valence-corrected chi connectivity index (χ3v) is 9.68. The minimum absolute atomic E-state index is 0.0482. The Bertz CT molecular complexity index is 2390. The molecule has 2 aromatic carbocycles. The summed E-state index contributed by atoms with van der Waals surface area (Å²) < 4.78 is 12.9. The van der Waals surface area contributed by atoms with Gasteiger partial charge in [0.05, 0.1) is 53.1 Å². The van der Waals surface area contributed by atoms with Crippen molar-refractivity contribution in [3.8, 4) is 0 Å².